The maximum Gasteiger partial charge on any atom is 0.234 e. The largest absolute Gasteiger partial charge is 0.352 e. The van der Waals surface area contributed by atoms with Crippen LogP contribution in [0, 0.1) is 0 Å². The third-order valence-corrected chi connectivity index (χ3v) is 4.63. The molecule has 0 aromatic heterocycles. The lowest BCUT2D eigenvalue weighted by atomic mass is 10.2. The summed E-state index contributed by atoms with van der Waals surface area (Å²) in [6.45, 7) is 7.54. The highest BCUT2D eigenvalue weighted by molar-refractivity contribution is 7.91. The van der Waals surface area contributed by atoms with Gasteiger partial charge in [0.15, 0.2) is 9.84 Å². The van der Waals surface area contributed by atoms with Crippen molar-refractivity contribution in [1.29, 1.82) is 0 Å². The zero-order chi connectivity index (χ0) is 13.6. The van der Waals surface area contributed by atoms with Gasteiger partial charge in [0, 0.05) is 18.8 Å². The van der Waals surface area contributed by atoms with E-state index in [4.69, 9.17) is 0 Å². The molecule has 0 rings (SSSR count). The van der Waals surface area contributed by atoms with E-state index in [0.29, 0.717) is 6.54 Å². The fourth-order valence-corrected chi connectivity index (χ4v) is 2.25. The van der Waals surface area contributed by atoms with Crippen LogP contribution in [0.1, 0.15) is 13.8 Å². The van der Waals surface area contributed by atoms with Crippen LogP contribution in [0.4, 0.5) is 0 Å². The van der Waals surface area contributed by atoms with E-state index >= 15 is 0 Å². The predicted octanol–water partition coefficient (Wildman–Crippen LogP) is 0.0420. The van der Waals surface area contributed by atoms with Crippen LogP contribution in [0.5, 0.6) is 0 Å². The first-order valence-electron chi connectivity index (χ1n) is 5.46. The van der Waals surface area contributed by atoms with E-state index < -0.39 is 15.1 Å². The summed E-state index contributed by atoms with van der Waals surface area (Å²) in [5.74, 6) is -0.139. The van der Waals surface area contributed by atoms with Gasteiger partial charge >= 0.3 is 0 Å². The summed E-state index contributed by atoms with van der Waals surface area (Å²) in [7, 11) is -1.35. The molecule has 0 bridgehead atoms. The third-order valence-electron chi connectivity index (χ3n) is 2.89. The van der Waals surface area contributed by atoms with Crippen molar-refractivity contribution in [3.63, 3.8) is 0 Å². The van der Waals surface area contributed by atoms with Gasteiger partial charge in [0.05, 0.1) is 11.8 Å². The van der Waals surface area contributed by atoms with Crippen molar-refractivity contribution in [2.75, 3.05) is 26.4 Å². The second-order valence-electron chi connectivity index (χ2n) is 4.28. The van der Waals surface area contributed by atoms with Crippen LogP contribution in [0.15, 0.2) is 12.7 Å². The first-order valence-corrected chi connectivity index (χ1v) is 7.42. The summed E-state index contributed by atoms with van der Waals surface area (Å²) in [5, 5.41) is 2.15. The van der Waals surface area contributed by atoms with Crippen molar-refractivity contribution in [3.05, 3.63) is 12.7 Å². The number of carbonyl (C=O) groups excluding carboxylic acids is 1. The van der Waals surface area contributed by atoms with Crippen molar-refractivity contribution in [2.45, 2.75) is 25.1 Å². The van der Waals surface area contributed by atoms with Crippen LogP contribution in [-0.2, 0) is 14.6 Å². The molecule has 1 amide bonds. The molecule has 0 aliphatic carbocycles. The molecule has 100 valence electrons. The lowest BCUT2D eigenvalue weighted by Crippen LogP contribution is -2.45. The molecule has 2 atom stereocenters. The number of hydrogen-bond donors (Lipinski definition) is 1. The Kier molecular flexibility index (Phi) is 6.41. The number of amides is 1. The van der Waals surface area contributed by atoms with E-state index in [-0.39, 0.29) is 18.5 Å². The van der Waals surface area contributed by atoms with Crippen LogP contribution in [0.3, 0.4) is 0 Å². The van der Waals surface area contributed by atoms with E-state index in [1.54, 1.807) is 31.9 Å². The van der Waals surface area contributed by atoms with Gasteiger partial charge in [-0.05, 0) is 20.9 Å². The summed E-state index contributed by atoms with van der Waals surface area (Å²) >= 11 is 0. The van der Waals surface area contributed by atoms with E-state index in [0.717, 1.165) is 0 Å². The van der Waals surface area contributed by atoms with Gasteiger partial charge in [0.2, 0.25) is 5.91 Å². The molecule has 6 heteroatoms. The SMILES string of the molecule is C=CCNC(=O)CN(C)C(C)C(C)S(C)(=O)=O. The Labute approximate surface area is 104 Å². The van der Waals surface area contributed by atoms with Crippen LogP contribution in [0.2, 0.25) is 0 Å². The number of carbonyl (C=O) groups is 1. The second kappa shape index (κ2) is 6.76. The van der Waals surface area contributed by atoms with Crippen LogP contribution < -0.4 is 5.32 Å². The predicted molar refractivity (Wildman–Crippen MR) is 69.6 cm³/mol. The highest BCUT2D eigenvalue weighted by Crippen LogP contribution is 2.09. The quantitative estimate of drug-likeness (QED) is 0.658. The summed E-state index contributed by atoms with van der Waals surface area (Å²) in [4.78, 5) is 13.2. The zero-order valence-corrected chi connectivity index (χ0v) is 11.8. The minimum Gasteiger partial charge on any atom is -0.352 e. The number of hydrogen-bond acceptors (Lipinski definition) is 4. The third kappa shape index (κ3) is 5.83. The van der Waals surface area contributed by atoms with Crippen molar-refractivity contribution in [1.82, 2.24) is 10.2 Å². The Morgan fingerprint density at radius 3 is 2.41 bits per heavy atom. The van der Waals surface area contributed by atoms with E-state index in [9.17, 15) is 13.2 Å². The minimum atomic E-state index is -3.09. The molecule has 0 aromatic rings. The molecular formula is C11H22N2O3S. The molecule has 17 heavy (non-hydrogen) atoms. The molecule has 0 aliphatic heterocycles. The van der Waals surface area contributed by atoms with Gasteiger partial charge in [0.1, 0.15) is 0 Å². The molecule has 1 N–H and O–H groups in total. The average molecular weight is 262 g/mol. The van der Waals surface area contributed by atoms with Crippen molar-refractivity contribution in [3.8, 4) is 0 Å². The average Bonchev–Trinajstić information content (AvgIpc) is 2.22. The molecule has 0 heterocycles. The summed E-state index contributed by atoms with van der Waals surface area (Å²) < 4.78 is 22.8. The van der Waals surface area contributed by atoms with Gasteiger partial charge in [-0.1, -0.05) is 6.08 Å². The highest BCUT2D eigenvalue weighted by atomic mass is 32.2. The smallest absolute Gasteiger partial charge is 0.234 e. The number of likely N-dealkylation sites (N-methyl/N-ethyl adjacent to an activating group) is 1. The fourth-order valence-electron chi connectivity index (χ4n) is 1.33. The maximum absolute atomic E-state index is 11.4. The van der Waals surface area contributed by atoms with Gasteiger partial charge < -0.3 is 5.32 Å². The van der Waals surface area contributed by atoms with E-state index in [2.05, 4.69) is 11.9 Å². The molecule has 0 saturated heterocycles. The maximum atomic E-state index is 11.4. The Morgan fingerprint density at radius 2 is 2.00 bits per heavy atom. The molecule has 0 spiro atoms. The Morgan fingerprint density at radius 1 is 1.47 bits per heavy atom. The number of sulfone groups is 1. The molecule has 2 unspecified atom stereocenters. The van der Waals surface area contributed by atoms with Gasteiger partial charge in [0.25, 0.3) is 0 Å². The van der Waals surface area contributed by atoms with Crippen LogP contribution >= 0.6 is 0 Å². The summed E-state index contributed by atoms with van der Waals surface area (Å²) in [6, 6.07) is -0.209. The Hall–Kier alpha value is -0.880. The van der Waals surface area contributed by atoms with Gasteiger partial charge in [-0.3, -0.25) is 9.69 Å². The van der Waals surface area contributed by atoms with Gasteiger partial charge in [-0.25, -0.2) is 8.42 Å². The summed E-state index contributed by atoms with van der Waals surface area (Å²) in [5.41, 5.74) is 0. The molecule has 5 nitrogen and oxygen atoms in total. The monoisotopic (exact) mass is 262 g/mol. The molecular weight excluding hydrogens is 240 g/mol. The van der Waals surface area contributed by atoms with Gasteiger partial charge in [-0.2, -0.15) is 0 Å². The van der Waals surface area contributed by atoms with E-state index in [1.807, 2.05) is 0 Å². The van der Waals surface area contributed by atoms with Crippen LogP contribution in [0.25, 0.3) is 0 Å². The van der Waals surface area contributed by atoms with Crippen molar-refractivity contribution < 1.29 is 13.2 Å². The number of rotatable bonds is 7. The Balaban J connectivity index is 4.36. The molecule has 0 fully saturated rings. The molecule has 0 aromatic carbocycles. The standard InChI is InChI=1S/C11H22N2O3S/c1-6-7-12-11(14)8-13(4)9(2)10(3)17(5,15)16/h6,9-10H,1,7-8H2,2-5H3,(H,12,14). The van der Waals surface area contributed by atoms with Crippen molar-refractivity contribution in [2.24, 2.45) is 0 Å². The normalized spacial score (nSPS) is 15.4. The first-order chi connectivity index (χ1) is 7.70. The van der Waals surface area contributed by atoms with Gasteiger partial charge in [-0.15, -0.1) is 6.58 Å². The van der Waals surface area contributed by atoms with E-state index in [1.165, 1.54) is 6.26 Å². The Bertz CT molecular complexity index is 365. The van der Waals surface area contributed by atoms with Crippen molar-refractivity contribution >= 4 is 15.7 Å². The zero-order valence-electron chi connectivity index (χ0n) is 10.9. The lowest BCUT2D eigenvalue weighted by Gasteiger charge is -2.28. The number of nitrogens with zero attached hydrogens (tertiary/aromatic N) is 1. The first kappa shape index (κ1) is 16.1. The molecule has 0 aliphatic rings. The van der Waals surface area contributed by atoms with Crippen LogP contribution in [-0.4, -0.2) is 56.9 Å². The second-order valence-corrected chi connectivity index (χ2v) is 6.69. The minimum absolute atomic E-state index is 0.139. The molecule has 0 radical (unpaired) electrons. The number of nitrogens with one attached hydrogen (secondary N) is 1. The lowest BCUT2D eigenvalue weighted by molar-refractivity contribution is -0.122. The topological polar surface area (TPSA) is 66.5 Å². The summed E-state index contributed by atoms with van der Waals surface area (Å²) in [6.07, 6.45) is 2.81. The molecule has 0 saturated carbocycles. The fraction of sp³-hybridized carbons (Fsp3) is 0.727. The highest BCUT2D eigenvalue weighted by Gasteiger charge is 2.26.